The number of nitrogens with two attached hydrogens (primary N) is 1. The van der Waals surface area contributed by atoms with Gasteiger partial charge in [0.15, 0.2) is 9.84 Å². The number of sulfone groups is 1. The van der Waals surface area contributed by atoms with Crippen molar-refractivity contribution in [3.63, 3.8) is 0 Å². The molecule has 6 heteroatoms. The minimum Gasteiger partial charge on any atom is -0.494 e. The summed E-state index contributed by atoms with van der Waals surface area (Å²) in [6.45, 7) is 0.487. The molecule has 0 unspecified atom stereocenters. The van der Waals surface area contributed by atoms with Gasteiger partial charge >= 0.3 is 0 Å². The normalized spacial score (nSPS) is 11.2. The van der Waals surface area contributed by atoms with Gasteiger partial charge in [0.1, 0.15) is 5.75 Å². The van der Waals surface area contributed by atoms with Crippen molar-refractivity contribution < 1.29 is 13.2 Å². The molecule has 0 aromatic heterocycles. The van der Waals surface area contributed by atoms with Gasteiger partial charge in [-0.25, -0.2) is 8.42 Å². The van der Waals surface area contributed by atoms with Crippen molar-refractivity contribution in [2.24, 2.45) is 5.73 Å². The molecule has 5 nitrogen and oxygen atoms in total. The molecule has 0 radical (unpaired) electrons. The third-order valence-electron chi connectivity index (χ3n) is 2.34. The van der Waals surface area contributed by atoms with E-state index in [-0.39, 0.29) is 10.7 Å². The molecule has 0 aliphatic rings. The van der Waals surface area contributed by atoms with Gasteiger partial charge in [0.05, 0.1) is 17.3 Å². The van der Waals surface area contributed by atoms with Crippen molar-refractivity contribution in [1.29, 1.82) is 5.41 Å². The van der Waals surface area contributed by atoms with Crippen LogP contribution in [0.1, 0.15) is 19.3 Å². The highest BCUT2D eigenvalue weighted by atomic mass is 32.2. The quantitative estimate of drug-likeness (QED) is 0.447. The van der Waals surface area contributed by atoms with E-state index in [2.05, 4.69) is 0 Å². The van der Waals surface area contributed by atoms with Gasteiger partial charge < -0.3 is 10.5 Å². The molecule has 0 amide bonds. The van der Waals surface area contributed by atoms with Gasteiger partial charge in [-0.2, -0.15) is 0 Å². The van der Waals surface area contributed by atoms with E-state index < -0.39 is 9.84 Å². The van der Waals surface area contributed by atoms with Gasteiger partial charge in [-0.05, 0) is 31.0 Å². The fraction of sp³-hybridized carbons (Fsp3) is 0.417. The van der Waals surface area contributed by atoms with Crippen LogP contribution in [-0.2, 0) is 9.84 Å². The molecule has 1 rings (SSSR count). The molecule has 0 aliphatic carbocycles. The van der Waals surface area contributed by atoms with Gasteiger partial charge in [-0.1, -0.05) is 6.07 Å². The summed E-state index contributed by atoms with van der Waals surface area (Å²) < 4.78 is 28.1. The molecule has 0 saturated heterocycles. The van der Waals surface area contributed by atoms with Crippen LogP contribution in [0.25, 0.3) is 0 Å². The highest BCUT2D eigenvalue weighted by Crippen LogP contribution is 2.17. The third-order valence-corrected chi connectivity index (χ3v) is 3.45. The standard InChI is InChI=1S/C12H18N2O3S/c1-18(15,16)11-6-4-5-10(9-11)17-8-3-2-7-12(13)14/h4-6,9H,2-3,7-8H2,1H3,(H3,13,14). The second-order valence-corrected chi connectivity index (χ2v) is 6.09. The summed E-state index contributed by atoms with van der Waals surface area (Å²) in [6.07, 6.45) is 3.30. The predicted molar refractivity (Wildman–Crippen MR) is 70.8 cm³/mol. The lowest BCUT2D eigenvalue weighted by Crippen LogP contribution is -2.09. The van der Waals surface area contributed by atoms with E-state index in [1.807, 2.05) is 0 Å². The first-order valence-corrected chi connectivity index (χ1v) is 7.54. The molecule has 0 spiro atoms. The van der Waals surface area contributed by atoms with E-state index in [1.165, 1.54) is 18.4 Å². The maximum Gasteiger partial charge on any atom is 0.175 e. The maximum atomic E-state index is 11.3. The summed E-state index contributed by atoms with van der Waals surface area (Å²) in [5.41, 5.74) is 5.23. The summed E-state index contributed by atoms with van der Waals surface area (Å²) >= 11 is 0. The molecule has 0 heterocycles. The van der Waals surface area contributed by atoms with Gasteiger partial charge in [-0.3, -0.25) is 5.41 Å². The first-order valence-electron chi connectivity index (χ1n) is 5.65. The molecule has 1 aromatic rings. The number of rotatable bonds is 7. The summed E-state index contributed by atoms with van der Waals surface area (Å²) in [7, 11) is -3.20. The number of nitrogens with one attached hydrogen (secondary N) is 1. The summed E-state index contributed by atoms with van der Waals surface area (Å²) in [6, 6.07) is 6.43. The topological polar surface area (TPSA) is 93.2 Å². The lowest BCUT2D eigenvalue weighted by molar-refractivity contribution is 0.307. The van der Waals surface area contributed by atoms with Crippen molar-refractivity contribution in [3.8, 4) is 5.75 Å². The van der Waals surface area contributed by atoms with Crippen LogP contribution in [0.5, 0.6) is 5.75 Å². The second-order valence-electron chi connectivity index (χ2n) is 4.08. The first-order chi connectivity index (χ1) is 8.39. The summed E-state index contributed by atoms with van der Waals surface area (Å²) in [5.74, 6) is 0.717. The SMILES string of the molecule is CS(=O)(=O)c1cccc(OCCCCC(=N)N)c1. The number of hydrogen-bond acceptors (Lipinski definition) is 4. The number of benzene rings is 1. The molecular formula is C12H18N2O3S. The zero-order valence-corrected chi connectivity index (χ0v) is 11.2. The maximum absolute atomic E-state index is 11.3. The van der Waals surface area contributed by atoms with Crippen LogP contribution in [0.15, 0.2) is 29.2 Å². The van der Waals surface area contributed by atoms with E-state index in [1.54, 1.807) is 12.1 Å². The monoisotopic (exact) mass is 270 g/mol. The van der Waals surface area contributed by atoms with Crippen molar-refractivity contribution in [1.82, 2.24) is 0 Å². The minimum atomic E-state index is -3.20. The van der Waals surface area contributed by atoms with Crippen LogP contribution in [-0.4, -0.2) is 27.1 Å². The van der Waals surface area contributed by atoms with E-state index in [0.29, 0.717) is 18.8 Å². The Bertz CT molecular complexity index is 512. The van der Waals surface area contributed by atoms with Crippen LogP contribution in [0, 0.1) is 5.41 Å². The van der Waals surface area contributed by atoms with E-state index >= 15 is 0 Å². The Hall–Kier alpha value is -1.56. The lowest BCUT2D eigenvalue weighted by atomic mass is 10.2. The van der Waals surface area contributed by atoms with Crippen molar-refractivity contribution in [2.75, 3.05) is 12.9 Å². The predicted octanol–water partition coefficient (Wildman–Crippen LogP) is 1.58. The molecule has 0 aliphatic heterocycles. The van der Waals surface area contributed by atoms with Crippen molar-refractivity contribution in [3.05, 3.63) is 24.3 Å². The van der Waals surface area contributed by atoms with Crippen molar-refractivity contribution in [2.45, 2.75) is 24.2 Å². The van der Waals surface area contributed by atoms with Crippen molar-refractivity contribution >= 4 is 15.7 Å². The van der Waals surface area contributed by atoms with Gasteiger partial charge in [0.25, 0.3) is 0 Å². The Morgan fingerprint density at radius 3 is 2.72 bits per heavy atom. The van der Waals surface area contributed by atoms with Crippen LogP contribution >= 0.6 is 0 Å². The highest BCUT2D eigenvalue weighted by molar-refractivity contribution is 7.90. The molecule has 18 heavy (non-hydrogen) atoms. The molecule has 0 saturated carbocycles. The molecule has 1 aromatic carbocycles. The first kappa shape index (κ1) is 14.5. The molecular weight excluding hydrogens is 252 g/mol. The highest BCUT2D eigenvalue weighted by Gasteiger charge is 2.07. The third kappa shape index (κ3) is 5.18. The fourth-order valence-electron chi connectivity index (χ4n) is 1.40. The van der Waals surface area contributed by atoms with Crippen LogP contribution in [0.4, 0.5) is 0 Å². The summed E-state index contributed by atoms with van der Waals surface area (Å²) in [4.78, 5) is 0.253. The van der Waals surface area contributed by atoms with Crippen LogP contribution < -0.4 is 10.5 Å². The average molecular weight is 270 g/mol. The largest absolute Gasteiger partial charge is 0.494 e. The molecule has 0 bridgehead atoms. The molecule has 100 valence electrons. The van der Waals surface area contributed by atoms with Gasteiger partial charge in [-0.15, -0.1) is 0 Å². The Kier molecular flexibility index (Phi) is 5.15. The van der Waals surface area contributed by atoms with Crippen LogP contribution in [0.2, 0.25) is 0 Å². The van der Waals surface area contributed by atoms with E-state index in [0.717, 1.165) is 12.8 Å². The second kappa shape index (κ2) is 6.39. The number of unbranched alkanes of at least 4 members (excludes halogenated alkanes) is 1. The zero-order valence-electron chi connectivity index (χ0n) is 10.3. The molecule has 0 atom stereocenters. The molecule has 0 fully saturated rings. The fourth-order valence-corrected chi connectivity index (χ4v) is 2.06. The number of ether oxygens (including phenoxy) is 1. The van der Waals surface area contributed by atoms with Gasteiger partial charge in [0, 0.05) is 12.7 Å². The van der Waals surface area contributed by atoms with E-state index in [9.17, 15) is 8.42 Å². The lowest BCUT2D eigenvalue weighted by Gasteiger charge is -2.07. The Labute approximate surface area is 107 Å². The smallest absolute Gasteiger partial charge is 0.175 e. The summed E-state index contributed by atoms with van der Waals surface area (Å²) in [5, 5.41) is 7.06. The zero-order chi connectivity index (χ0) is 13.6. The Morgan fingerprint density at radius 1 is 1.39 bits per heavy atom. The number of amidine groups is 1. The minimum absolute atomic E-state index is 0.175. The average Bonchev–Trinajstić information content (AvgIpc) is 2.27. The Morgan fingerprint density at radius 2 is 2.11 bits per heavy atom. The van der Waals surface area contributed by atoms with Crippen LogP contribution in [0.3, 0.4) is 0 Å². The van der Waals surface area contributed by atoms with Gasteiger partial charge in [0.2, 0.25) is 0 Å². The molecule has 3 N–H and O–H groups in total. The van der Waals surface area contributed by atoms with E-state index in [4.69, 9.17) is 15.9 Å². The number of hydrogen-bond donors (Lipinski definition) is 2. The Balaban J connectivity index is 2.46.